The number of carbonyl (C=O) groups is 2. The van der Waals surface area contributed by atoms with Gasteiger partial charge >= 0.3 is 0 Å². The highest BCUT2D eigenvalue weighted by molar-refractivity contribution is 5.94. The number of hydrogen-bond donors (Lipinski definition) is 1. The van der Waals surface area contributed by atoms with E-state index in [2.05, 4.69) is 6.92 Å². The van der Waals surface area contributed by atoms with Crippen LogP contribution in [-0.4, -0.2) is 67.0 Å². The fourth-order valence-electron chi connectivity index (χ4n) is 3.32. The summed E-state index contributed by atoms with van der Waals surface area (Å²) < 4.78 is 5.01. The number of nitrogens with two attached hydrogens (primary N) is 1. The summed E-state index contributed by atoms with van der Waals surface area (Å²) in [7, 11) is 1.55. The number of methoxy groups -OCH3 is 1. The maximum absolute atomic E-state index is 12.6. The molecule has 1 fully saturated rings. The van der Waals surface area contributed by atoms with E-state index >= 15 is 0 Å². The third-order valence-electron chi connectivity index (χ3n) is 4.62. The van der Waals surface area contributed by atoms with Crippen LogP contribution in [0.4, 0.5) is 0 Å². The highest BCUT2D eigenvalue weighted by atomic mass is 16.5. The van der Waals surface area contributed by atoms with E-state index in [0.717, 1.165) is 19.3 Å². The van der Waals surface area contributed by atoms with Gasteiger partial charge in [-0.15, -0.1) is 0 Å². The van der Waals surface area contributed by atoms with E-state index < -0.39 is 6.04 Å². The molecule has 0 spiro atoms. The van der Waals surface area contributed by atoms with Crippen LogP contribution in [0, 0.1) is 0 Å². The number of piperidine rings is 1. The minimum absolute atomic E-state index is 0.0588. The molecule has 0 radical (unpaired) electrons. The predicted octanol–water partition coefficient (Wildman–Crippen LogP) is 1.50. The van der Waals surface area contributed by atoms with Gasteiger partial charge < -0.3 is 20.3 Å². The van der Waals surface area contributed by atoms with Crippen LogP contribution >= 0.6 is 0 Å². The molecule has 1 atom stereocenters. The zero-order valence-corrected chi connectivity index (χ0v) is 15.2. The first-order valence-electron chi connectivity index (χ1n) is 8.97. The number of amides is 2. The molecule has 2 N–H and O–H groups in total. The Kier molecular flexibility index (Phi) is 7.40. The van der Waals surface area contributed by atoms with E-state index in [4.69, 9.17) is 10.5 Å². The Hall–Kier alpha value is -1.92. The number of ether oxygens (including phenoxy) is 1. The number of rotatable bonds is 7. The summed E-state index contributed by atoms with van der Waals surface area (Å²) in [6.45, 7) is 4.28. The molecule has 1 aromatic rings. The lowest BCUT2D eigenvalue weighted by atomic mass is 10.0. The zero-order chi connectivity index (χ0) is 18.2. The van der Waals surface area contributed by atoms with Crippen LogP contribution in [0.2, 0.25) is 0 Å². The van der Waals surface area contributed by atoms with Crippen molar-refractivity contribution in [1.29, 1.82) is 0 Å². The Balaban J connectivity index is 1.96. The Labute approximate surface area is 149 Å². The second kappa shape index (κ2) is 9.53. The first-order chi connectivity index (χ1) is 12.1. The van der Waals surface area contributed by atoms with Gasteiger partial charge in [-0.25, -0.2) is 0 Å². The summed E-state index contributed by atoms with van der Waals surface area (Å²) in [6, 6.07) is 8.84. The highest BCUT2D eigenvalue weighted by Crippen LogP contribution is 2.19. The van der Waals surface area contributed by atoms with Crippen LogP contribution in [0.1, 0.15) is 36.5 Å². The van der Waals surface area contributed by atoms with Crippen LogP contribution in [0.5, 0.6) is 0 Å². The Morgan fingerprint density at radius 3 is 2.48 bits per heavy atom. The van der Waals surface area contributed by atoms with Gasteiger partial charge in [-0.2, -0.15) is 0 Å². The first kappa shape index (κ1) is 19.4. The van der Waals surface area contributed by atoms with Gasteiger partial charge in [-0.05, 0) is 31.4 Å². The third kappa shape index (κ3) is 5.03. The molecule has 6 nitrogen and oxygen atoms in total. The average Bonchev–Trinajstić information content (AvgIpc) is 2.66. The van der Waals surface area contributed by atoms with E-state index in [0.29, 0.717) is 25.2 Å². The predicted molar refractivity (Wildman–Crippen MR) is 97.2 cm³/mol. The van der Waals surface area contributed by atoms with Crippen LogP contribution in [0.3, 0.4) is 0 Å². The van der Waals surface area contributed by atoms with E-state index in [1.165, 1.54) is 0 Å². The van der Waals surface area contributed by atoms with Crippen molar-refractivity contribution < 1.29 is 14.3 Å². The number of benzene rings is 1. The van der Waals surface area contributed by atoms with E-state index in [1.807, 2.05) is 40.1 Å². The molecule has 1 saturated heterocycles. The standard InChI is InChI=1S/C19H29N3O3/c1-3-11-22(19(24)17(20)14-25-2)16-9-12-21(13-10-16)18(23)15-7-5-4-6-8-15/h4-8,16-17H,3,9-14,20H2,1-2H3. The molecular weight excluding hydrogens is 318 g/mol. The fourth-order valence-corrected chi connectivity index (χ4v) is 3.32. The molecule has 1 unspecified atom stereocenters. The van der Waals surface area contributed by atoms with Crippen molar-refractivity contribution in [2.45, 2.75) is 38.3 Å². The molecule has 0 saturated carbocycles. The quantitative estimate of drug-likeness (QED) is 0.811. The molecule has 1 heterocycles. The van der Waals surface area contributed by atoms with Crippen molar-refractivity contribution in [2.75, 3.05) is 33.4 Å². The molecule has 138 valence electrons. The van der Waals surface area contributed by atoms with Crippen LogP contribution < -0.4 is 5.73 Å². The monoisotopic (exact) mass is 347 g/mol. The third-order valence-corrected chi connectivity index (χ3v) is 4.62. The number of nitrogens with zero attached hydrogens (tertiary/aromatic N) is 2. The van der Waals surface area contributed by atoms with Crippen molar-refractivity contribution in [3.8, 4) is 0 Å². The van der Waals surface area contributed by atoms with E-state index in [1.54, 1.807) is 7.11 Å². The number of likely N-dealkylation sites (tertiary alicyclic amines) is 1. The summed E-state index contributed by atoms with van der Waals surface area (Å²) in [5.74, 6) is 0.0000355. The molecule has 1 aliphatic heterocycles. The topological polar surface area (TPSA) is 75.9 Å². The van der Waals surface area contributed by atoms with Gasteiger partial charge in [0, 0.05) is 38.3 Å². The van der Waals surface area contributed by atoms with Gasteiger partial charge in [0.2, 0.25) is 5.91 Å². The maximum atomic E-state index is 12.6. The van der Waals surface area contributed by atoms with Gasteiger partial charge in [0.05, 0.1) is 6.61 Å². The Morgan fingerprint density at radius 1 is 1.28 bits per heavy atom. The molecular formula is C19H29N3O3. The fraction of sp³-hybridized carbons (Fsp3) is 0.579. The first-order valence-corrected chi connectivity index (χ1v) is 8.97. The Bertz CT molecular complexity index is 556. The van der Waals surface area contributed by atoms with Crippen molar-refractivity contribution in [1.82, 2.24) is 9.80 Å². The van der Waals surface area contributed by atoms with Crippen LogP contribution in [0.15, 0.2) is 30.3 Å². The summed E-state index contributed by atoms with van der Waals surface area (Å²) in [5.41, 5.74) is 6.65. The van der Waals surface area contributed by atoms with Gasteiger partial charge in [-0.1, -0.05) is 25.1 Å². The average molecular weight is 347 g/mol. The van der Waals surface area contributed by atoms with Crippen molar-refractivity contribution >= 4 is 11.8 Å². The van der Waals surface area contributed by atoms with Crippen molar-refractivity contribution in [3.63, 3.8) is 0 Å². The van der Waals surface area contributed by atoms with Crippen molar-refractivity contribution in [3.05, 3.63) is 35.9 Å². The summed E-state index contributed by atoms with van der Waals surface area (Å²) in [6.07, 6.45) is 2.45. The van der Waals surface area contributed by atoms with Crippen LogP contribution in [0.25, 0.3) is 0 Å². The summed E-state index contributed by atoms with van der Waals surface area (Å²) >= 11 is 0. The highest BCUT2D eigenvalue weighted by Gasteiger charge is 2.31. The minimum Gasteiger partial charge on any atom is -0.383 e. The smallest absolute Gasteiger partial charge is 0.253 e. The molecule has 6 heteroatoms. The second-order valence-electron chi connectivity index (χ2n) is 6.48. The van der Waals surface area contributed by atoms with Gasteiger partial charge in [-0.3, -0.25) is 9.59 Å². The number of carbonyl (C=O) groups excluding carboxylic acids is 2. The normalized spacial score (nSPS) is 16.5. The largest absolute Gasteiger partial charge is 0.383 e. The summed E-state index contributed by atoms with van der Waals surface area (Å²) in [4.78, 5) is 28.9. The minimum atomic E-state index is -0.625. The SMILES string of the molecule is CCCN(C(=O)C(N)COC)C1CCN(C(=O)c2ccccc2)CC1. The molecule has 0 aromatic heterocycles. The van der Waals surface area contributed by atoms with Gasteiger partial charge in [0.1, 0.15) is 6.04 Å². The van der Waals surface area contributed by atoms with E-state index in [9.17, 15) is 9.59 Å². The lowest BCUT2D eigenvalue weighted by molar-refractivity contribution is -0.137. The van der Waals surface area contributed by atoms with Gasteiger partial charge in [0.25, 0.3) is 5.91 Å². The molecule has 2 amide bonds. The van der Waals surface area contributed by atoms with Crippen LogP contribution in [-0.2, 0) is 9.53 Å². The maximum Gasteiger partial charge on any atom is 0.253 e. The Morgan fingerprint density at radius 2 is 1.92 bits per heavy atom. The molecule has 1 aromatic carbocycles. The number of hydrogen-bond acceptors (Lipinski definition) is 4. The molecule has 0 bridgehead atoms. The lowest BCUT2D eigenvalue weighted by Crippen LogP contribution is -2.54. The zero-order valence-electron chi connectivity index (χ0n) is 15.2. The van der Waals surface area contributed by atoms with Crippen molar-refractivity contribution in [2.24, 2.45) is 5.73 Å². The second-order valence-corrected chi connectivity index (χ2v) is 6.48. The molecule has 2 rings (SSSR count). The molecule has 25 heavy (non-hydrogen) atoms. The molecule has 0 aliphatic carbocycles. The summed E-state index contributed by atoms with van der Waals surface area (Å²) in [5, 5.41) is 0. The lowest BCUT2D eigenvalue weighted by Gasteiger charge is -2.39. The molecule has 1 aliphatic rings. The van der Waals surface area contributed by atoms with E-state index in [-0.39, 0.29) is 24.5 Å². The van der Waals surface area contributed by atoms with Gasteiger partial charge in [0.15, 0.2) is 0 Å².